The minimum atomic E-state index is -0.874. The molecule has 7 heteroatoms. The summed E-state index contributed by atoms with van der Waals surface area (Å²) in [5.41, 5.74) is 6.09. The first-order chi connectivity index (χ1) is 10.7. The van der Waals surface area contributed by atoms with Gasteiger partial charge in [0.05, 0.1) is 12.1 Å². The van der Waals surface area contributed by atoms with Crippen LogP contribution in [0, 0.1) is 0 Å². The van der Waals surface area contributed by atoms with Gasteiger partial charge in [0.15, 0.2) is 0 Å². The second kappa shape index (κ2) is 6.25. The second-order valence-corrected chi connectivity index (χ2v) is 5.33. The van der Waals surface area contributed by atoms with Crippen LogP contribution in [0.2, 0.25) is 0 Å². The topological polar surface area (TPSA) is 103 Å². The van der Waals surface area contributed by atoms with E-state index in [1.165, 1.54) is 0 Å². The fourth-order valence-electron chi connectivity index (χ4n) is 2.33. The van der Waals surface area contributed by atoms with Gasteiger partial charge >= 0.3 is 0 Å². The van der Waals surface area contributed by atoms with Crippen LogP contribution in [0.3, 0.4) is 0 Å². The predicted molar refractivity (Wildman–Crippen MR) is 78.6 cm³/mol. The lowest BCUT2D eigenvalue weighted by Crippen LogP contribution is -2.56. The Kier molecular flexibility index (Phi) is 4.17. The number of nitrogens with zero attached hydrogens (tertiary/aromatic N) is 2. The summed E-state index contributed by atoms with van der Waals surface area (Å²) in [5.74, 6) is 0.636. The van der Waals surface area contributed by atoms with Gasteiger partial charge in [-0.15, -0.1) is 0 Å². The quantitative estimate of drug-likeness (QED) is 0.868. The third-order valence-corrected chi connectivity index (χ3v) is 3.74. The largest absolute Gasteiger partial charge is 0.381 e. The molecule has 1 aromatic heterocycles. The van der Waals surface area contributed by atoms with Crippen LogP contribution in [0.5, 0.6) is 0 Å². The third kappa shape index (κ3) is 3.15. The fraction of sp³-hybridized carbons (Fsp3) is 0.400. The van der Waals surface area contributed by atoms with Crippen LogP contribution in [-0.4, -0.2) is 34.8 Å². The molecule has 22 heavy (non-hydrogen) atoms. The first kappa shape index (κ1) is 14.7. The Labute approximate surface area is 127 Å². The van der Waals surface area contributed by atoms with Crippen LogP contribution in [0.25, 0.3) is 11.4 Å². The molecular weight excluding hydrogens is 284 g/mol. The number of rotatable bonds is 4. The van der Waals surface area contributed by atoms with Crippen molar-refractivity contribution in [2.75, 3.05) is 13.2 Å². The summed E-state index contributed by atoms with van der Waals surface area (Å²) in [5, 5.41) is 6.66. The zero-order chi connectivity index (χ0) is 15.4. The summed E-state index contributed by atoms with van der Waals surface area (Å²) in [6, 6.07) is 9.50. The van der Waals surface area contributed by atoms with Crippen molar-refractivity contribution < 1.29 is 14.1 Å². The van der Waals surface area contributed by atoms with Crippen LogP contribution < -0.4 is 11.1 Å². The third-order valence-electron chi connectivity index (χ3n) is 3.74. The molecule has 0 atom stereocenters. The van der Waals surface area contributed by atoms with Crippen molar-refractivity contribution in [1.29, 1.82) is 0 Å². The van der Waals surface area contributed by atoms with Crippen LogP contribution in [-0.2, 0) is 16.1 Å². The first-order valence-electron chi connectivity index (χ1n) is 7.20. The highest BCUT2D eigenvalue weighted by molar-refractivity contribution is 5.86. The number of benzene rings is 1. The van der Waals surface area contributed by atoms with Gasteiger partial charge in [-0.3, -0.25) is 4.79 Å². The average Bonchev–Trinajstić information content (AvgIpc) is 3.03. The highest BCUT2D eigenvalue weighted by atomic mass is 16.5. The maximum atomic E-state index is 12.2. The Morgan fingerprint density at radius 2 is 2.00 bits per heavy atom. The van der Waals surface area contributed by atoms with Gasteiger partial charge in [0.2, 0.25) is 17.6 Å². The van der Waals surface area contributed by atoms with Gasteiger partial charge in [0.1, 0.15) is 0 Å². The number of carbonyl (C=O) groups excluding carboxylic acids is 1. The fourth-order valence-corrected chi connectivity index (χ4v) is 2.33. The number of amides is 1. The van der Waals surface area contributed by atoms with Crippen molar-refractivity contribution in [3.05, 3.63) is 36.2 Å². The lowest BCUT2D eigenvalue weighted by Gasteiger charge is -2.31. The molecule has 1 amide bonds. The number of hydrogen-bond donors (Lipinski definition) is 2. The SMILES string of the molecule is NC1(C(=O)NCc2nc(-c3ccccc3)no2)CCOCC1. The molecule has 1 aromatic carbocycles. The molecule has 2 aromatic rings. The van der Waals surface area contributed by atoms with Crippen LogP contribution in [0.1, 0.15) is 18.7 Å². The molecule has 3 N–H and O–H groups in total. The Balaban J connectivity index is 1.60. The molecule has 1 fully saturated rings. The standard InChI is InChI=1S/C15H18N4O3/c16-15(6-8-21-9-7-15)14(20)17-10-12-18-13(19-22-12)11-4-2-1-3-5-11/h1-5H,6-10,16H2,(H,17,20). The zero-order valence-electron chi connectivity index (χ0n) is 12.1. The van der Waals surface area contributed by atoms with Crippen molar-refractivity contribution in [3.8, 4) is 11.4 Å². The van der Waals surface area contributed by atoms with Gasteiger partial charge in [0.25, 0.3) is 0 Å². The van der Waals surface area contributed by atoms with Gasteiger partial charge in [-0.05, 0) is 12.8 Å². The van der Waals surface area contributed by atoms with Gasteiger partial charge < -0.3 is 20.3 Å². The van der Waals surface area contributed by atoms with E-state index in [-0.39, 0.29) is 12.5 Å². The lowest BCUT2D eigenvalue weighted by molar-refractivity contribution is -0.130. The molecule has 1 aliphatic rings. The molecule has 0 aliphatic carbocycles. The molecule has 1 saturated heterocycles. The molecule has 116 valence electrons. The van der Waals surface area contributed by atoms with Crippen molar-refractivity contribution in [3.63, 3.8) is 0 Å². The summed E-state index contributed by atoms with van der Waals surface area (Å²) in [7, 11) is 0. The Morgan fingerprint density at radius 1 is 1.27 bits per heavy atom. The van der Waals surface area contributed by atoms with Crippen molar-refractivity contribution >= 4 is 5.91 Å². The Bertz CT molecular complexity index is 635. The average molecular weight is 302 g/mol. The maximum Gasteiger partial charge on any atom is 0.246 e. The van der Waals surface area contributed by atoms with E-state index < -0.39 is 5.54 Å². The van der Waals surface area contributed by atoms with Crippen LogP contribution >= 0.6 is 0 Å². The summed E-state index contributed by atoms with van der Waals surface area (Å²) < 4.78 is 10.4. The number of nitrogens with one attached hydrogen (secondary N) is 1. The van der Waals surface area contributed by atoms with E-state index in [2.05, 4.69) is 15.5 Å². The van der Waals surface area contributed by atoms with Gasteiger partial charge in [0, 0.05) is 18.8 Å². The zero-order valence-corrected chi connectivity index (χ0v) is 12.1. The molecule has 0 radical (unpaired) electrons. The van der Waals surface area contributed by atoms with Crippen molar-refractivity contribution in [2.45, 2.75) is 24.9 Å². The minimum absolute atomic E-state index is 0.165. The maximum absolute atomic E-state index is 12.2. The van der Waals surface area contributed by atoms with Gasteiger partial charge in [-0.2, -0.15) is 4.98 Å². The van der Waals surface area contributed by atoms with Gasteiger partial charge in [-0.25, -0.2) is 0 Å². The summed E-state index contributed by atoms with van der Waals surface area (Å²) in [4.78, 5) is 16.5. The smallest absolute Gasteiger partial charge is 0.246 e. The highest BCUT2D eigenvalue weighted by Crippen LogP contribution is 2.18. The lowest BCUT2D eigenvalue weighted by atomic mass is 9.90. The van der Waals surface area contributed by atoms with E-state index in [9.17, 15) is 4.79 Å². The van der Waals surface area contributed by atoms with Crippen LogP contribution in [0.4, 0.5) is 0 Å². The Morgan fingerprint density at radius 3 is 2.73 bits per heavy atom. The number of carbonyl (C=O) groups is 1. The number of nitrogens with two attached hydrogens (primary N) is 1. The van der Waals surface area contributed by atoms with E-state index in [4.69, 9.17) is 15.0 Å². The molecule has 0 spiro atoms. The van der Waals surface area contributed by atoms with Crippen molar-refractivity contribution in [1.82, 2.24) is 15.5 Å². The van der Waals surface area contributed by atoms with E-state index in [0.29, 0.717) is 37.8 Å². The molecule has 2 heterocycles. The highest BCUT2D eigenvalue weighted by Gasteiger charge is 2.35. The molecule has 3 rings (SSSR count). The minimum Gasteiger partial charge on any atom is -0.381 e. The van der Waals surface area contributed by atoms with E-state index in [1.807, 2.05) is 30.3 Å². The van der Waals surface area contributed by atoms with Crippen LogP contribution in [0.15, 0.2) is 34.9 Å². The molecule has 0 unspecified atom stereocenters. The van der Waals surface area contributed by atoms with Gasteiger partial charge in [-0.1, -0.05) is 35.5 Å². The van der Waals surface area contributed by atoms with E-state index >= 15 is 0 Å². The summed E-state index contributed by atoms with van der Waals surface area (Å²) in [6.45, 7) is 1.17. The summed E-state index contributed by atoms with van der Waals surface area (Å²) >= 11 is 0. The normalized spacial score (nSPS) is 17.1. The molecule has 7 nitrogen and oxygen atoms in total. The number of aromatic nitrogens is 2. The molecule has 1 aliphatic heterocycles. The van der Waals surface area contributed by atoms with E-state index in [0.717, 1.165) is 5.56 Å². The predicted octanol–water partition coefficient (Wildman–Crippen LogP) is 0.861. The molecular formula is C15H18N4O3. The monoisotopic (exact) mass is 302 g/mol. The molecule has 0 bridgehead atoms. The number of hydrogen-bond acceptors (Lipinski definition) is 6. The van der Waals surface area contributed by atoms with E-state index in [1.54, 1.807) is 0 Å². The first-order valence-corrected chi connectivity index (χ1v) is 7.20. The molecule has 0 saturated carbocycles. The second-order valence-electron chi connectivity index (χ2n) is 5.33. The number of ether oxygens (including phenoxy) is 1. The Hall–Kier alpha value is -2.25. The summed E-state index contributed by atoms with van der Waals surface area (Å²) in [6.07, 6.45) is 1.02. The van der Waals surface area contributed by atoms with Crippen molar-refractivity contribution in [2.24, 2.45) is 5.73 Å².